The molecule has 17 heavy (non-hydrogen) atoms. The minimum Gasteiger partial charge on any atom is -0.385 e. The summed E-state index contributed by atoms with van der Waals surface area (Å²) in [5.41, 5.74) is 0.0793. The highest BCUT2D eigenvalue weighted by Gasteiger charge is 2.37. The van der Waals surface area contributed by atoms with Crippen molar-refractivity contribution in [1.82, 2.24) is 0 Å². The zero-order chi connectivity index (χ0) is 12.5. The fourth-order valence-corrected chi connectivity index (χ4v) is 2.63. The van der Waals surface area contributed by atoms with Gasteiger partial charge in [-0.2, -0.15) is 0 Å². The van der Waals surface area contributed by atoms with Gasteiger partial charge in [0.1, 0.15) is 6.10 Å². The van der Waals surface area contributed by atoms with Gasteiger partial charge in [0.2, 0.25) is 0 Å². The standard InChI is InChI=1S/C13H16Cl2O2/c1-13(6-2-3-7-17-13)12(16)10-8-9(14)4-5-11(10)15/h4-5,8,12,16H,2-3,6-7H2,1H3. The van der Waals surface area contributed by atoms with Gasteiger partial charge in [-0.1, -0.05) is 23.2 Å². The molecule has 0 spiro atoms. The van der Waals surface area contributed by atoms with Gasteiger partial charge in [0, 0.05) is 22.2 Å². The Bertz CT molecular complexity index is 400. The van der Waals surface area contributed by atoms with Crippen molar-refractivity contribution < 1.29 is 9.84 Å². The number of halogens is 2. The molecule has 0 radical (unpaired) electrons. The van der Waals surface area contributed by atoms with Gasteiger partial charge in [-0.3, -0.25) is 0 Å². The largest absolute Gasteiger partial charge is 0.385 e. The van der Waals surface area contributed by atoms with Gasteiger partial charge in [0.05, 0.1) is 5.60 Å². The minimum absolute atomic E-state index is 0.525. The number of aliphatic hydroxyl groups excluding tert-OH is 1. The summed E-state index contributed by atoms with van der Waals surface area (Å²) in [6, 6.07) is 5.12. The van der Waals surface area contributed by atoms with Gasteiger partial charge in [0.15, 0.2) is 0 Å². The second-order valence-electron chi connectivity index (χ2n) is 4.69. The molecule has 2 nitrogen and oxygen atoms in total. The maximum absolute atomic E-state index is 10.4. The molecule has 1 N–H and O–H groups in total. The first-order valence-electron chi connectivity index (χ1n) is 5.80. The van der Waals surface area contributed by atoms with Gasteiger partial charge < -0.3 is 9.84 Å². The van der Waals surface area contributed by atoms with Crippen LogP contribution in [0.15, 0.2) is 18.2 Å². The predicted octanol–water partition coefficient (Wildman–Crippen LogP) is 3.99. The van der Waals surface area contributed by atoms with Crippen LogP contribution in [-0.4, -0.2) is 17.3 Å². The lowest BCUT2D eigenvalue weighted by molar-refractivity contribution is -0.138. The Morgan fingerprint density at radius 2 is 2.12 bits per heavy atom. The Hall–Kier alpha value is -0.280. The molecule has 94 valence electrons. The molecule has 2 unspecified atom stereocenters. The molecule has 0 aliphatic carbocycles. The second kappa shape index (κ2) is 5.15. The molecule has 0 bridgehead atoms. The van der Waals surface area contributed by atoms with Crippen LogP contribution in [0.4, 0.5) is 0 Å². The van der Waals surface area contributed by atoms with Crippen molar-refractivity contribution in [1.29, 1.82) is 0 Å². The Kier molecular flexibility index (Phi) is 3.99. The number of hydrogen-bond donors (Lipinski definition) is 1. The molecule has 1 fully saturated rings. The van der Waals surface area contributed by atoms with Crippen LogP contribution >= 0.6 is 23.2 Å². The highest BCUT2D eigenvalue weighted by atomic mass is 35.5. The Balaban J connectivity index is 2.29. The van der Waals surface area contributed by atoms with Gasteiger partial charge in [-0.15, -0.1) is 0 Å². The third-order valence-corrected chi connectivity index (χ3v) is 3.91. The average molecular weight is 275 g/mol. The summed E-state index contributed by atoms with van der Waals surface area (Å²) in [5, 5.41) is 11.5. The predicted molar refractivity (Wildman–Crippen MR) is 69.6 cm³/mol. The SMILES string of the molecule is CC1(C(O)c2cc(Cl)ccc2Cl)CCCCO1. The van der Waals surface area contributed by atoms with Crippen molar-refractivity contribution in [2.45, 2.75) is 37.9 Å². The van der Waals surface area contributed by atoms with Crippen LogP contribution in [0.3, 0.4) is 0 Å². The topological polar surface area (TPSA) is 29.5 Å². The maximum Gasteiger partial charge on any atom is 0.109 e. The normalized spacial score (nSPS) is 26.8. The highest BCUT2D eigenvalue weighted by Crippen LogP contribution is 2.39. The van der Waals surface area contributed by atoms with Gasteiger partial charge in [0.25, 0.3) is 0 Å². The van der Waals surface area contributed by atoms with Crippen LogP contribution in [0.25, 0.3) is 0 Å². The van der Waals surface area contributed by atoms with Crippen LogP contribution in [0.2, 0.25) is 10.0 Å². The summed E-state index contributed by atoms with van der Waals surface area (Å²) in [4.78, 5) is 0. The van der Waals surface area contributed by atoms with E-state index < -0.39 is 11.7 Å². The minimum atomic E-state index is -0.742. The first-order chi connectivity index (χ1) is 8.03. The van der Waals surface area contributed by atoms with E-state index >= 15 is 0 Å². The van der Waals surface area contributed by atoms with Crippen LogP contribution in [0, 0.1) is 0 Å². The van der Waals surface area contributed by atoms with E-state index in [1.54, 1.807) is 18.2 Å². The molecule has 1 aromatic carbocycles. The molecule has 1 aliphatic rings. The molecule has 2 rings (SSSR count). The monoisotopic (exact) mass is 274 g/mol. The van der Waals surface area contributed by atoms with Crippen molar-refractivity contribution in [3.8, 4) is 0 Å². The molecular weight excluding hydrogens is 259 g/mol. The zero-order valence-electron chi connectivity index (χ0n) is 9.75. The number of rotatable bonds is 2. The first kappa shape index (κ1) is 13.2. The van der Waals surface area contributed by atoms with Gasteiger partial charge >= 0.3 is 0 Å². The lowest BCUT2D eigenvalue weighted by atomic mass is 9.86. The smallest absolute Gasteiger partial charge is 0.109 e. The molecule has 1 saturated heterocycles. The van der Waals surface area contributed by atoms with E-state index in [0.29, 0.717) is 22.2 Å². The lowest BCUT2D eigenvalue weighted by Gasteiger charge is -2.38. The first-order valence-corrected chi connectivity index (χ1v) is 6.55. The van der Waals surface area contributed by atoms with Crippen molar-refractivity contribution in [2.75, 3.05) is 6.61 Å². The summed E-state index contributed by atoms with van der Waals surface area (Å²) in [5.74, 6) is 0. The quantitative estimate of drug-likeness (QED) is 0.884. The molecule has 0 aromatic heterocycles. The number of ether oxygens (including phenoxy) is 1. The lowest BCUT2D eigenvalue weighted by Crippen LogP contribution is -2.39. The van der Waals surface area contributed by atoms with Crippen LogP contribution in [0.5, 0.6) is 0 Å². The van der Waals surface area contributed by atoms with E-state index in [1.165, 1.54) is 0 Å². The van der Waals surface area contributed by atoms with E-state index in [9.17, 15) is 5.11 Å². The van der Waals surface area contributed by atoms with Crippen molar-refractivity contribution in [3.05, 3.63) is 33.8 Å². The van der Waals surface area contributed by atoms with Crippen molar-refractivity contribution >= 4 is 23.2 Å². The second-order valence-corrected chi connectivity index (χ2v) is 5.53. The molecular formula is C13H16Cl2O2. The van der Waals surface area contributed by atoms with Crippen molar-refractivity contribution in [2.24, 2.45) is 0 Å². The number of benzene rings is 1. The molecule has 1 aliphatic heterocycles. The summed E-state index contributed by atoms with van der Waals surface area (Å²) >= 11 is 12.0. The Labute approximate surface area is 111 Å². The fourth-order valence-electron chi connectivity index (χ4n) is 2.22. The molecule has 2 atom stereocenters. The molecule has 1 aromatic rings. The van der Waals surface area contributed by atoms with Crippen LogP contribution in [0.1, 0.15) is 37.9 Å². The Morgan fingerprint density at radius 3 is 2.76 bits per heavy atom. The number of aliphatic hydroxyl groups is 1. The Morgan fingerprint density at radius 1 is 1.35 bits per heavy atom. The van der Waals surface area contributed by atoms with Crippen molar-refractivity contribution in [3.63, 3.8) is 0 Å². The summed E-state index contributed by atoms with van der Waals surface area (Å²) in [6.07, 6.45) is 2.20. The number of hydrogen-bond acceptors (Lipinski definition) is 2. The maximum atomic E-state index is 10.4. The van der Waals surface area contributed by atoms with Gasteiger partial charge in [-0.25, -0.2) is 0 Å². The molecule has 1 heterocycles. The summed E-state index contributed by atoms with van der Waals surface area (Å²) < 4.78 is 5.72. The highest BCUT2D eigenvalue weighted by molar-refractivity contribution is 6.33. The molecule has 0 amide bonds. The zero-order valence-corrected chi connectivity index (χ0v) is 11.3. The van der Waals surface area contributed by atoms with E-state index in [1.807, 2.05) is 6.92 Å². The van der Waals surface area contributed by atoms with Crippen LogP contribution in [-0.2, 0) is 4.74 Å². The fraction of sp³-hybridized carbons (Fsp3) is 0.538. The third-order valence-electron chi connectivity index (χ3n) is 3.33. The van der Waals surface area contributed by atoms with E-state index in [0.717, 1.165) is 19.3 Å². The summed E-state index contributed by atoms with van der Waals surface area (Å²) in [6.45, 7) is 2.61. The molecule has 4 heteroatoms. The van der Waals surface area contributed by atoms with E-state index in [4.69, 9.17) is 27.9 Å². The molecule has 0 saturated carbocycles. The van der Waals surface area contributed by atoms with E-state index in [2.05, 4.69) is 0 Å². The van der Waals surface area contributed by atoms with E-state index in [-0.39, 0.29) is 0 Å². The van der Waals surface area contributed by atoms with Crippen LogP contribution < -0.4 is 0 Å². The average Bonchev–Trinajstić information content (AvgIpc) is 2.32. The summed E-state index contributed by atoms with van der Waals surface area (Å²) in [7, 11) is 0. The third kappa shape index (κ3) is 2.76. The van der Waals surface area contributed by atoms with Gasteiger partial charge in [-0.05, 0) is 44.4 Å².